The Hall–Kier alpha value is -2.44. The van der Waals surface area contributed by atoms with Crippen LogP contribution in [0.15, 0.2) is 18.2 Å². The predicted octanol–water partition coefficient (Wildman–Crippen LogP) is 2.20. The molecule has 0 spiro atoms. The van der Waals surface area contributed by atoms with Crippen molar-refractivity contribution < 1.29 is 24.2 Å². The molecule has 1 saturated carbocycles. The molecule has 3 N–H and O–H groups in total. The van der Waals surface area contributed by atoms with Crippen molar-refractivity contribution >= 4 is 12.0 Å². The van der Waals surface area contributed by atoms with Crippen LogP contribution in [-0.4, -0.2) is 48.3 Å². The molecule has 1 aliphatic heterocycles. The first kappa shape index (κ1) is 17.4. The Morgan fingerprint density at radius 1 is 1.20 bits per heavy atom. The van der Waals surface area contributed by atoms with Gasteiger partial charge >= 0.3 is 12.0 Å². The van der Waals surface area contributed by atoms with Crippen molar-refractivity contribution in [2.24, 2.45) is 11.7 Å². The summed E-state index contributed by atoms with van der Waals surface area (Å²) in [4.78, 5) is 24.4. The summed E-state index contributed by atoms with van der Waals surface area (Å²) in [6.45, 7) is 0.418. The number of nitrogens with zero attached hydrogens (tertiary/aromatic N) is 1. The standard InChI is InChI=1S/C18H24N2O5/c1-24-15-7-6-11(8-16(15)25-12-4-2-3-5-12)13-9-20(18(19)23)10-14(13)17(21)22/h6-8,12-14H,2-5,9-10H2,1H3,(H2,19,23)(H,21,22)/t13-,14+/m1/s1. The highest BCUT2D eigenvalue weighted by Crippen LogP contribution is 2.38. The number of primary amides is 1. The number of benzene rings is 1. The van der Waals surface area contributed by atoms with Gasteiger partial charge in [0, 0.05) is 19.0 Å². The van der Waals surface area contributed by atoms with Crippen molar-refractivity contribution in [3.05, 3.63) is 23.8 Å². The number of aliphatic carboxylic acids is 1. The van der Waals surface area contributed by atoms with Gasteiger partial charge < -0.3 is 25.2 Å². The molecule has 0 aromatic heterocycles. The molecule has 0 bridgehead atoms. The summed E-state index contributed by atoms with van der Waals surface area (Å²) in [6.07, 6.45) is 4.52. The molecule has 7 nitrogen and oxygen atoms in total. The van der Waals surface area contributed by atoms with Crippen molar-refractivity contribution in [2.45, 2.75) is 37.7 Å². The van der Waals surface area contributed by atoms with Gasteiger partial charge in [-0.05, 0) is 43.4 Å². The molecule has 7 heteroatoms. The maximum Gasteiger partial charge on any atom is 0.314 e. The molecule has 2 aliphatic rings. The van der Waals surface area contributed by atoms with Crippen molar-refractivity contribution in [2.75, 3.05) is 20.2 Å². The van der Waals surface area contributed by atoms with Gasteiger partial charge in [-0.3, -0.25) is 4.79 Å². The molecular weight excluding hydrogens is 324 g/mol. The molecule has 3 rings (SSSR count). The first-order valence-corrected chi connectivity index (χ1v) is 8.61. The van der Waals surface area contributed by atoms with E-state index < -0.39 is 17.9 Å². The zero-order valence-corrected chi connectivity index (χ0v) is 14.3. The molecule has 1 aromatic rings. The molecule has 2 amide bonds. The minimum absolute atomic E-state index is 0.125. The summed E-state index contributed by atoms with van der Waals surface area (Å²) in [5.74, 6) is -0.661. The second-order valence-electron chi connectivity index (χ2n) is 6.73. The van der Waals surface area contributed by atoms with E-state index in [1.54, 1.807) is 13.2 Å². The molecule has 136 valence electrons. The van der Waals surface area contributed by atoms with Crippen LogP contribution in [0.25, 0.3) is 0 Å². The molecule has 1 heterocycles. The number of amides is 2. The van der Waals surface area contributed by atoms with E-state index in [9.17, 15) is 14.7 Å². The first-order valence-electron chi connectivity index (χ1n) is 8.61. The van der Waals surface area contributed by atoms with Crippen molar-refractivity contribution in [1.29, 1.82) is 0 Å². The zero-order valence-electron chi connectivity index (χ0n) is 14.3. The normalized spacial score (nSPS) is 23.6. The van der Waals surface area contributed by atoms with Gasteiger partial charge in [-0.2, -0.15) is 0 Å². The maximum absolute atomic E-state index is 11.6. The highest BCUT2D eigenvalue weighted by atomic mass is 16.5. The van der Waals surface area contributed by atoms with Gasteiger partial charge in [0.15, 0.2) is 11.5 Å². The Labute approximate surface area is 146 Å². The van der Waals surface area contributed by atoms with Crippen molar-refractivity contribution in [1.82, 2.24) is 4.90 Å². The molecule has 2 fully saturated rings. The average molecular weight is 348 g/mol. The molecule has 1 saturated heterocycles. The third-order valence-electron chi connectivity index (χ3n) is 5.16. The number of methoxy groups -OCH3 is 1. The van der Waals surface area contributed by atoms with E-state index in [1.807, 2.05) is 12.1 Å². The summed E-state index contributed by atoms with van der Waals surface area (Å²) in [5.41, 5.74) is 6.16. The van der Waals surface area contributed by atoms with E-state index in [1.165, 1.54) is 4.90 Å². The minimum atomic E-state index is -0.928. The zero-order chi connectivity index (χ0) is 18.0. The maximum atomic E-state index is 11.6. The third kappa shape index (κ3) is 3.65. The van der Waals surface area contributed by atoms with Gasteiger partial charge in [0.25, 0.3) is 0 Å². The van der Waals surface area contributed by atoms with E-state index >= 15 is 0 Å². The van der Waals surface area contributed by atoms with Crippen LogP contribution in [0, 0.1) is 5.92 Å². The lowest BCUT2D eigenvalue weighted by Gasteiger charge is -2.20. The number of nitrogens with two attached hydrogens (primary N) is 1. The summed E-state index contributed by atoms with van der Waals surface area (Å²) in [7, 11) is 1.58. The number of likely N-dealkylation sites (tertiary alicyclic amines) is 1. The lowest BCUT2D eigenvalue weighted by atomic mass is 9.89. The van der Waals surface area contributed by atoms with Gasteiger partial charge in [0.2, 0.25) is 0 Å². The third-order valence-corrected chi connectivity index (χ3v) is 5.16. The Balaban J connectivity index is 1.87. The van der Waals surface area contributed by atoms with Crippen LogP contribution in [0.4, 0.5) is 4.79 Å². The predicted molar refractivity (Wildman–Crippen MR) is 90.9 cm³/mol. The largest absolute Gasteiger partial charge is 0.493 e. The van der Waals surface area contributed by atoms with E-state index in [4.69, 9.17) is 15.2 Å². The summed E-state index contributed by atoms with van der Waals surface area (Å²) in [5, 5.41) is 9.51. The topological polar surface area (TPSA) is 102 Å². The number of urea groups is 1. The summed E-state index contributed by atoms with van der Waals surface area (Å²) in [6, 6.07) is 4.89. The van der Waals surface area contributed by atoms with Gasteiger partial charge in [0.05, 0.1) is 19.1 Å². The Morgan fingerprint density at radius 2 is 1.92 bits per heavy atom. The lowest BCUT2D eigenvalue weighted by Crippen LogP contribution is -2.34. The van der Waals surface area contributed by atoms with Gasteiger partial charge in [0.1, 0.15) is 0 Å². The summed E-state index contributed by atoms with van der Waals surface area (Å²) < 4.78 is 11.5. The first-order chi connectivity index (χ1) is 12.0. The number of carbonyl (C=O) groups excluding carboxylic acids is 1. The quantitative estimate of drug-likeness (QED) is 0.849. The van der Waals surface area contributed by atoms with Crippen LogP contribution >= 0.6 is 0 Å². The highest BCUT2D eigenvalue weighted by Gasteiger charge is 2.40. The Morgan fingerprint density at radius 3 is 2.52 bits per heavy atom. The Bertz CT molecular complexity index is 657. The molecular formula is C18H24N2O5. The second kappa shape index (κ2) is 7.21. The van der Waals surface area contributed by atoms with Crippen LogP contribution in [-0.2, 0) is 4.79 Å². The number of hydrogen-bond acceptors (Lipinski definition) is 4. The highest BCUT2D eigenvalue weighted by molar-refractivity contribution is 5.77. The average Bonchev–Trinajstić information content (AvgIpc) is 3.24. The fourth-order valence-corrected chi connectivity index (χ4v) is 3.77. The van der Waals surface area contributed by atoms with Crippen LogP contribution in [0.3, 0.4) is 0 Å². The fourth-order valence-electron chi connectivity index (χ4n) is 3.77. The van der Waals surface area contributed by atoms with E-state index in [-0.39, 0.29) is 18.6 Å². The number of hydrogen-bond donors (Lipinski definition) is 2. The summed E-state index contributed by atoms with van der Waals surface area (Å²) >= 11 is 0. The van der Waals surface area contributed by atoms with E-state index in [2.05, 4.69) is 0 Å². The number of rotatable bonds is 5. The molecule has 0 radical (unpaired) electrons. The molecule has 25 heavy (non-hydrogen) atoms. The van der Waals surface area contributed by atoms with Gasteiger partial charge in [-0.1, -0.05) is 6.07 Å². The monoisotopic (exact) mass is 348 g/mol. The molecule has 1 aliphatic carbocycles. The van der Waals surface area contributed by atoms with E-state index in [0.29, 0.717) is 18.0 Å². The van der Waals surface area contributed by atoms with Gasteiger partial charge in [-0.15, -0.1) is 0 Å². The van der Waals surface area contributed by atoms with Crippen LogP contribution in [0.1, 0.15) is 37.2 Å². The van der Waals surface area contributed by atoms with Crippen molar-refractivity contribution in [3.8, 4) is 11.5 Å². The number of carboxylic acid groups (broad SMARTS) is 1. The van der Waals surface area contributed by atoms with Crippen LogP contribution < -0.4 is 15.2 Å². The smallest absolute Gasteiger partial charge is 0.314 e. The van der Waals surface area contributed by atoms with Gasteiger partial charge in [-0.25, -0.2) is 4.79 Å². The van der Waals surface area contributed by atoms with Crippen LogP contribution in [0.2, 0.25) is 0 Å². The molecule has 0 unspecified atom stereocenters. The lowest BCUT2D eigenvalue weighted by molar-refractivity contribution is -0.141. The SMILES string of the molecule is COc1ccc([C@H]2CN(C(N)=O)C[C@@H]2C(=O)O)cc1OC1CCCC1. The Kier molecular flexibility index (Phi) is 5.01. The van der Waals surface area contributed by atoms with E-state index in [0.717, 1.165) is 31.2 Å². The minimum Gasteiger partial charge on any atom is -0.493 e. The number of carboxylic acids is 1. The second-order valence-corrected chi connectivity index (χ2v) is 6.73. The number of ether oxygens (including phenoxy) is 2. The fraction of sp³-hybridized carbons (Fsp3) is 0.556. The van der Waals surface area contributed by atoms with Crippen LogP contribution in [0.5, 0.6) is 11.5 Å². The molecule has 2 atom stereocenters. The van der Waals surface area contributed by atoms with Crippen molar-refractivity contribution in [3.63, 3.8) is 0 Å². The molecule has 1 aromatic carbocycles. The number of carbonyl (C=O) groups is 2.